The van der Waals surface area contributed by atoms with Gasteiger partial charge in [-0.15, -0.1) is 0 Å². The van der Waals surface area contributed by atoms with Crippen LogP contribution in [0.1, 0.15) is 25.8 Å². The highest BCUT2D eigenvalue weighted by atomic mass is 32.1. The average Bonchev–Trinajstić information content (AvgIpc) is 2.53. The van der Waals surface area contributed by atoms with Crippen molar-refractivity contribution in [1.82, 2.24) is 4.90 Å². The minimum Gasteiger partial charge on any atom is -0.497 e. The molecular formula is C16H25N3OS. The largest absolute Gasteiger partial charge is 0.497 e. The van der Waals surface area contributed by atoms with E-state index in [1.165, 1.54) is 6.42 Å². The molecule has 2 N–H and O–H groups in total. The van der Waals surface area contributed by atoms with Gasteiger partial charge in [0.2, 0.25) is 0 Å². The van der Waals surface area contributed by atoms with Crippen LogP contribution in [0.3, 0.4) is 0 Å². The molecule has 21 heavy (non-hydrogen) atoms. The minimum atomic E-state index is 0.442. The third kappa shape index (κ3) is 3.66. The van der Waals surface area contributed by atoms with Gasteiger partial charge in [0.15, 0.2) is 0 Å². The molecule has 5 heteroatoms. The zero-order chi connectivity index (χ0) is 15.4. The third-order valence-electron chi connectivity index (χ3n) is 4.34. The summed E-state index contributed by atoms with van der Waals surface area (Å²) in [5, 5.41) is 0. The molecule has 0 aromatic heterocycles. The van der Waals surface area contributed by atoms with Crippen molar-refractivity contribution in [3.8, 4) is 5.75 Å². The van der Waals surface area contributed by atoms with E-state index in [0.717, 1.165) is 43.2 Å². The SMILES string of the molecule is CCC(C)N1CCN(c2cc(OC)ccc2C(N)=S)CC1. The maximum atomic E-state index is 5.86. The maximum absolute atomic E-state index is 5.86. The summed E-state index contributed by atoms with van der Waals surface area (Å²) in [5.74, 6) is 0.842. The van der Waals surface area contributed by atoms with Gasteiger partial charge in [-0.1, -0.05) is 19.1 Å². The van der Waals surface area contributed by atoms with E-state index >= 15 is 0 Å². The van der Waals surface area contributed by atoms with Crippen molar-refractivity contribution in [3.05, 3.63) is 23.8 Å². The van der Waals surface area contributed by atoms with Gasteiger partial charge < -0.3 is 15.4 Å². The predicted molar refractivity (Wildman–Crippen MR) is 92.4 cm³/mol. The molecule has 0 bridgehead atoms. The molecule has 1 aromatic rings. The summed E-state index contributed by atoms with van der Waals surface area (Å²) in [6, 6.07) is 6.55. The van der Waals surface area contributed by atoms with Crippen LogP contribution in [0.5, 0.6) is 5.75 Å². The van der Waals surface area contributed by atoms with E-state index in [4.69, 9.17) is 22.7 Å². The van der Waals surface area contributed by atoms with Crippen LogP contribution < -0.4 is 15.4 Å². The molecule has 0 aliphatic carbocycles. The first kappa shape index (κ1) is 16.0. The lowest BCUT2D eigenvalue weighted by Gasteiger charge is -2.39. The standard InChI is InChI=1S/C16H25N3OS/c1-4-12(2)18-7-9-19(10-8-18)15-11-13(20-3)5-6-14(15)16(17)21/h5-6,11-12H,4,7-10H2,1-3H3,(H2,17,21). The second kappa shape index (κ2) is 7.09. The third-order valence-corrected chi connectivity index (χ3v) is 4.56. The Morgan fingerprint density at radius 1 is 1.33 bits per heavy atom. The summed E-state index contributed by atoms with van der Waals surface area (Å²) < 4.78 is 5.34. The van der Waals surface area contributed by atoms with Gasteiger partial charge in [-0.25, -0.2) is 0 Å². The molecule has 1 aromatic carbocycles. The monoisotopic (exact) mass is 307 g/mol. The summed E-state index contributed by atoms with van der Waals surface area (Å²) in [6.45, 7) is 8.66. The van der Waals surface area contributed by atoms with Gasteiger partial charge in [0.25, 0.3) is 0 Å². The lowest BCUT2D eigenvalue weighted by Crippen LogP contribution is -2.49. The molecule has 0 radical (unpaired) electrons. The van der Waals surface area contributed by atoms with Crippen molar-refractivity contribution in [1.29, 1.82) is 0 Å². The first-order valence-electron chi connectivity index (χ1n) is 7.53. The highest BCUT2D eigenvalue weighted by Crippen LogP contribution is 2.27. The Hall–Kier alpha value is -1.33. The maximum Gasteiger partial charge on any atom is 0.120 e. The van der Waals surface area contributed by atoms with Gasteiger partial charge >= 0.3 is 0 Å². The lowest BCUT2D eigenvalue weighted by atomic mass is 10.1. The Bertz CT molecular complexity index is 498. The van der Waals surface area contributed by atoms with Crippen LogP contribution in [-0.2, 0) is 0 Å². The Balaban J connectivity index is 2.17. The molecule has 4 nitrogen and oxygen atoms in total. The number of nitrogens with two attached hydrogens (primary N) is 1. The highest BCUT2D eigenvalue weighted by Gasteiger charge is 2.22. The second-order valence-electron chi connectivity index (χ2n) is 5.53. The fourth-order valence-electron chi connectivity index (χ4n) is 2.77. The number of thiocarbonyl (C=S) groups is 1. The van der Waals surface area contributed by atoms with Gasteiger partial charge in [-0.2, -0.15) is 0 Å². The number of rotatable bonds is 5. The number of methoxy groups -OCH3 is 1. The van der Waals surface area contributed by atoms with Crippen molar-refractivity contribution in [2.45, 2.75) is 26.3 Å². The Kier molecular flexibility index (Phi) is 5.42. The van der Waals surface area contributed by atoms with Gasteiger partial charge in [-0.05, 0) is 25.5 Å². The summed E-state index contributed by atoms with van der Waals surface area (Å²) in [5.41, 5.74) is 7.89. The number of hydrogen-bond acceptors (Lipinski definition) is 4. The quantitative estimate of drug-likeness (QED) is 0.845. The van der Waals surface area contributed by atoms with Crippen LogP contribution in [-0.4, -0.2) is 49.2 Å². The number of piperazine rings is 1. The second-order valence-corrected chi connectivity index (χ2v) is 5.97. The number of nitrogens with zero attached hydrogens (tertiary/aromatic N) is 2. The summed E-state index contributed by atoms with van der Waals surface area (Å²) >= 11 is 5.18. The molecule has 0 spiro atoms. The number of hydrogen-bond donors (Lipinski definition) is 1. The van der Waals surface area contributed by atoms with Crippen molar-refractivity contribution in [2.24, 2.45) is 5.73 Å². The Morgan fingerprint density at radius 2 is 2.00 bits per heavy atom. The van der Waals surface area contributed by atoms with Crippen LogP contribution >= 0.6 is 12.2 Å². The predicted octanol–water partition coefficient (Wildman–Crippen LogP) is 2.25. The molecule has 116 valence electrons. The van der Waals surface area contributed by atoms with E-state index in [1.54, 1.807) is 7.11 Å². The van der Waals surface area contributed by atoms with Gasteiger partial charge in [0.05, 0.1) is 12.8 Å². The molecular weight excluding hydrogens is 282 g/mol. The zero-order valence-corrected chi connectivity index (χ0v) is 13.9. The molecule has 1 aliphatic heterocycles. The summed E-state index contributed by atoms with van der Waals surface area (Å²) in [6.07, 6.45) is 1.19. The molecule has 1 aliphatic rings. The van der Waals surface area contributed by atoms with Crippen LogP contribution in [0.15, 0.2) is 18.2 Å². The number of ether oxygens (including phenoxy) is 1. The number of benzene rings is 1. The van der Waals surface area contributed by atoms with Crippen molar-refractivity contribution >= 4 is 22.9 Å². The van der Waals surface area contributed by atoms with Crippen LogP contribution in [0.2, 0.25) is 0 Å². The molecule has 1 heterocycles. The highest BCUT2D eigenvalue weighted by molar-refractivity contribution is 7.80. The topological polar surface area (TPSA) is 41.7 Å². The van der Waals surface area contributed by atoms with Gasteiger partial charge in [0, 0.05) is 43.9 Å². The Morgan fingerprint density at radius 3 is 2.52 bits per heavy atom. The molecule has 1 saturated heterocycles. The molecule has 0 amide bonds. The number of anilines is 1. The fourth-order valence-corrected chi connectivity index (χ4v) is 2.94. The van der Waals surface area contributed by atoms with Crippen molar-refractivity contribution < 1.29 is 4.74 Å². The van der Waals surface area contributed by atoms with E-state index in [1.807, 2.05) is 18.2 Å². The van der Waals surface area contributed by atoms with E-state index in [9.17, 15) is 0 Å². The van der Waals surface area contributed by atoms with Gasteiger partial charge in [-0.3, -0.25) is 4.90 Å². The van der Waals surface area contributed by atoms with Gasteiger partial charge in [0.1, 0.15) is 10.7 Å². The van der Waals surface area contributed by atoms with E-state index in [-0.39, 0.29) is 0 Å². The normalized spacial score (nSPS) is 17.6. The molecule has 1 atom stereocenters. The van der Waals surface area contributed by atoms with E-state index < -0.39 is 0 Å². The Labute approximate surface area is 132 Å². The minimum absolute atomic E-state index is 0.442. The summed E-state index contributed by atoms with van der Waals surface area (Å²) in [7, 11) is 1.68. The van der Waals surface area contributed by atoms with E-state index in [0.29, 0.717) is 11.0 Å². The lowest BCUT2D eigenvalue weighted by molar-refractivity contribution is 0.193. The van der Waals surface area contributed by atoms with Crippen molar-refractivity contribution in [2.75, 3.05) is 38.2 Å². The van der Waals surface area contributed by atoms with Crippen LogP contribution in [0.4, 0.5) is 5.69 Å². The smallest absolute Gasteiger partial charge is 0.120 e. The molecule has 0 saturated carbocycles. The first-order chi connectivity index (χ1) is 10.1. The first-order valence-corrected chi connectivity index (χ1v) is 7.94. The zero-order valence-electron chi connectivity index (χ0n) is 13.1. The van der Waals surface area contributed by atoms with Crippen LogP contribution in [0, 0.1) is 0 Å². The van der Waals surface area contributed by atoms with Crippen molar-refractivity contribution in [3.63, 3.8) is 0 Å². The van der Waals surface area contributed by atoms with Crippen LogP contribution in [0.25, 0.3) is 0 Å². The molecule has 1 unspecified atom stereocenters. The molecule has 1 fully saturated rings. The molecule has 2 rings (SSSR count). The average molecular weight is 307 g/mol. The van der Waals surface area contributed by atoms with E-state index in [2.05, 4.69) is 23.6 Å². The summed E-state index contributed by atoms with van der Waals surface area (Å²) in [4.78, 5) is 5.34. The fraction of sp³-hybridized carbons (Fsp3) is 0.562.